The van der Waals surface area contributed by atoms with Gasteiger partial charge in [-0.05, 0) is 36.8 Å². The van der Waals surface area contributed by atoms with Gasteiger partial charge in [-0.15, -0.1) is 0 Å². The standard InChI is InChI=1S/C18H17ClN2O2/c1-12-6-7-16(22-2)15(8-12)20-11-18-21-10-17(23-18)13-4-3-5-14(19)9-13/h3-10,20H,11H2,1-2H3. The molecule has 0 saturated heterocycles. The molecule has 0 spiro atoms. The number of hydrogen-bond acceptors (Lipinski definition) is 4. The number of aromatic nitrogens is 1. The second-order valence-corrected chi connectivity index (χ2v) is 5.62. The summed E-state index contributed by atoms with van der Waals surface area (Å²) in [6.45, 7) is 2.51. The average Bonchev–Trinajstić information content (AvgIpc) is 3.02. The van der Waals surface area contributed by atoms with E-state index in [1.165, 1.54) is 0 Å². The van der Waals surface area contributed by atoms with Crippen LogP contribution in [-0.4, -0.2) is 12.1 Å². The minimum atomic E-state index is 0.473. The van der Waals surface area contributed by atoms with Crippen LogP contribution in [0.4, 0.5) is 5.69 Å². The fraction of sp³-hybridized carbons (Fsp3) is 0.167. The van der Waals surface area contributed by atoms with Gasteiger partial charge in [0.1, 0.15) is 5.75 Å². The number of benzene rings is 2. The van der Waals surface area contributed by atoms with Crippen molar-refractivity contribution in [2.75, 3.05) is 12.4 Å². The summed E-state index contributed by atoms with van der Waals surface area (Å²) in [5, 5.41) is 3.96. The molecule has 5 heteroatoms. The molecule has 118 valence electrons. The first-order valence-electron chi connectivity index (χ1n) is 7.25. The van der Waals surface area contributed by atoms with Crippen LogP contribution in [0.5, 0.6) is 5.75 Å². The molecule has 2 aromatic carbocycles. The van der Waals surface area contributed by atoms with Crippen molar-refractivity contribution in [3.8, 4) is 17.1 Å². The summed E-state index contributed by atoms with van der Waals surface area (Å²) in [6, 6.07) is 13.5. The molecule has 0 aliphatic carbocycles. The molecule has 0 bridgehead atoms. The average molecular weight is 329 g/mol. The van der Waals surface area contributed by atoms with Crippen LogP contribution < -0.4 is 10.1 Å². The van der Waals surface area contributed by atoms with Crippen molar-refractivity contribution in [1.29, 1.82) is 0 Å². The van der Waals surface area contributed by atoms with Crippen molar-refractivity contribution < 1.29 is 9.15 Å². The minimum Gasteiger partial charge on any atom is -0.495 e. The molecule has 3 rings (SSSR count). The maximum absolute atomic E-state index is 6.00. The van der Waals surface area contributed by atoms with Crippen molar-refractivity contribution in [2.45, 2.75) is 13.5 Å². The maximum atomic E-state index is 6.00. The van der Waals surface area contributed by atoms with Gasteiger partial charge in [0.25, 0.3) is 0 Å². The zero-order chi connectivity index (χ0) is 16.2. The molecule has 0 radical (unpaired) electrons. The van der Waals surface area contributed by atoms with Gasteiger partial charge >= 0.3 is 0 Å². The fourth-order valence-corrected chi connectivity index (χ4v) is 2.49. The number of halogens is 1. The second-order valence-electron chi connectivity index (χ2n) is 5.19. The topological polar surface area (TPSA) is 47.3 Å². The zero-order valence-electron chi connectivity index (χ0n) is 13.0. The van der Waals surface area contributed by atoms with Gasteiger partial charge in [0, 0.05) is 10.6 Å². The highest BCUT2D eigenvalue weighted by molar-refractivity contribution is 6.30. The highest BCUT2D eigenvalue weighted by Crippen LogP contribution is 2.27. The summed E-state index contributed by atoms with van der Waals surface area (Å²) < 4.78 is 11.1. The first kappa shape index (κ1) is 15.4. The summed E-state index contributed by atoms with van der Waals surface area (Å²) in [5.74, 6) is 2.08. The molecule has 0 amide bonds. The van der Waals surface area contributed by atoms with Crippen molar-refractivity contribution in [3.05, 3.63) is 65.1 Å². The van der Waals surface area contributed by atoms with E-state index >= 15 is 0 Å². The molecule has 3 aromatic rings. The molecule has 0 unspecified atom stereocenters. The van der Waals surface area contributed by atoms with Gasteiger partial charge in [-0.2, -0.15) is 0 Å². The quantitative estimate of drug-likeness (QED) is 0.721. The number of nitrogens with zero attached hydrogens (tertiary/aromatic N) is 1. The normalized spacial score (nSPS) is 10.6. The van der Waals surface area contributed by atoms with Crippen LogP contribution in [0.15, 0.2) is 53.1 Å². The maximum Gasteiger partial charge on any atom is 0.214 e. The smallest absolute Gasteiger partial charge is 0.214 e. The lowest BCUT2D eigenvalue weighted by Gasteiger charge is -2.10. The number of methoxy groups -OCH3 is 1. The molecule has 4 nitrogen and oxygen atoms in total. The van der Waals surface area contributed by atoms with Crippen LogP contribution in [0.2, 0.25) is 5.02 Å². The Bertz CT molecular complexity index is 814. The molecule has 1 aromatic heterocycles. The number of nitrogens with one attached hydrogen (secondary N) is 1. The van der Waals surface area contributed by atoms with E-state index in [0.717, 1.165) is 22.6 Å². The molecule has 0 saturated carbocycles. The largest absolute Gasteiger partial charge is 0.495 e. The van der Waals surface area contributed by atoms with E-state index in [9.17, 15) is 0 Å². The molecule has 0 fully saturated rings. The van der Waals surface area contributed by atoms with Crippen LogP contribution >= 0.6 is 11.6 Å². The highest BCUT2D eigenvalue weighted by atomic mass is 35.5. The third-order valence-corrected chi connectivity index (χ3v) is 3.68. The number of rotatable bonds is 5. The van der Waals surface area contributed by atoms with Crippen LogP contribution in [-0.2, 0) is 6.54 Å². The lowest BCUT2D eigenvalue weighted by molar-refractivity contribution is 0.416. The van der Waals surface area contributed by atoms with Gasteiger partial charge in [-0.1, -0.05) is 29.8 Å². The van der Waals surface area contributed by atoms with Crippen LogP contribution in [0.1, 0.15) is 11.5 Å². The van der Waals surface area contributed by atoms with Crippen molar-refractivity contribution in [3.63, 3.8) is 0 Å². The van der Waals surface area contributed by atoms with Crippen LogP contribution in [0.3, 0.4) is 0 Å². The first-order valence-corrected chi connectivity index (χ1v) is 7.62. The number of anilines is 1. The van der Waals surface area contributed by atoms with Gasteiger partial charge in [0.15, 0.2) is 5.76 Å². The molecule has 1 heterocycles. The summed E-state index contributed by atoms with van der Waals surface area (Å²) in [7, 11) is 1.65. The third kappa shape index (κ3) is 3.66. The van der Waals surface area contributed by atoms with Crippen LogP contribution in [0, 0.1) is 6.92 Å². The van der Waals surface area contributed by atoms with Crippen LogP contribution in [0.25, 0.3) is 11.3 Å². The fourth-order valence-electron chi connectivity index (χ4n) is 2.30. The molecule has 23 heavy (non-hydrogen) atoms. The lowest BCUT2D eigenvalue weighted by Crippen LogP contribution is -2.01. The Morgan fingerprint density at radius 1 is 1.22 bits per heavy atom. The number of aryl methyl sites for hydroxylation is 1. The Morgan fingerprint density at radius 2 is 2.09 bits per heavy atom. The van der Waals surface area contributed by atoms with Crippen molar-refractivity contribution in [2.24, 2.45) is 0 Å². The van der Waals surface area contributed by atoms with E-state index in [2.05, 4.69) is 10.3 Å². The van der Waals surface area contributed by atoms with Gasteiger partial charge in [-0.25, -0.2) is 4.98 Å². The van der Waals surface area contributed by atoms with Gasteiger partial charge in [0.2, 0.25) is 5.89 Å². The number of oxazole rings is 1. The number of hydrogen-bond donors (Lipinski definition) is 1. The highest BCUT2D eigenvalue weighted by Gasteiger charge is 2.08. The summed E-state index contributed by atoms with van der Waals surface area (Å²) in [6.07, 6.45) is 1.70. The van der Waals surface area contributed by atoms with E-state index < -0.39 is 0 Å². The van der Waals surface area contributed by atoms with E-state index in [1.54, 1.807) is 13.3 Å². The van der Waals surface area contributed by atoms with E-state index in [-0.39, 0.29) is 0 Å². The van der Waals surface area contributed by atoms with Gasteiger partial charge in [-0.3, -0.25) is 0 Å². The molecule has 0 atom stereocenters. The van der Waals surface area contributed by atoms with E-state index in [1.807, 2.05) is 49.4 Å². The summed E-state index contributed by atoms with van der Waals surface area (Å²) in [4.78, 5) is 4.30. The van der Waals surface area contributed by atoms with E-state index in [4.69, 9.17) is 20.8 Å². The Balaban J connectivity index is 1.74. The monoisotopic (exact) mass is 328 g/mol. The van der Waals surface area contributed by atoms with E-state index in [0.29, 0.717) is 23.2 Å². The predicted molar refractivity (Wildman–Crippen MR) is 92.0 cm³/mol. The molecular weight excluding hydrogens is 312 g/mol. The molecule has 0 aliphatic heterocycles. The van der Waals surface area contributed by atoms with Gasteiger partial charge in [0.05, 0.1) is 25.5 Å². The first-order chi connectivity index (χ1) is 11.2. The summed E-state index contributed by atoms with van der Waals surface area (Å²) in [5.41, 5.74) is 2.97. The molecule has 0 aliphatic rings. The number of ether oxygens (including phenoxy) is 1. The minimum absolute atomic E-state index is 0.473. The Labute approximate surface area is 140 Å². The Morgan fingerprint density at radius 3 is 2.87 bits per heavy atom. The van der Waals surface area contributed by atoms with Gasteiger partial charge < -0.3 is 14.5 Å². The second kappa shape index (κ2) is 6.75. The van der Waals surface area contributed by atoms with Crippen molar-refractivity contribution >= 4 is 17.3 Å². The predicted octanol–water partition coefficient (Wildman–Crippen LogP) is 4.92. The summed E-state index contributed by atoms with van der Waals surface area (Å²) >= 11 is 6.00. The lowest BCUT2D eigenvalue weighted by atomic mass is 10.2. The molecule has 1 N–H and O–H groups in total. The Kier molecular flexibility index (Phi) is 4.53. The Hall–Kier alpha value is -2.46. The SMILES string of the molecule is COc1ccc(C)cc1NCc1ncc(-c2cccc(Cl)c2)o1. The third-order valence-electron chi connectivity index (χ3n) is 3.45. The van der Waals surface area contributed by atoms with Crippen molar-refractivity contribution in [1.82, 2.24) is 4.98 Å². The zero-order valence-corrected chi connectivity index (χ0v) is 13.7. The molecular formula is C18H17ClN2O2.